The number of carbonyl (C=O) groups excluding carboxylic acids is 1. The molecule has 3 aromatic carbocycles. The van der Waals surface area contributed by atoms with Crippen molar-refractivity contribution < 1.29 is 28.6 Å². The average molecular weight is 592 g/mol. The molecule has 1 heterocycles. The Morgan fingerprint density at radius 2 is 1.65 bits per heavy atom. The fourth-order valence-corrected chi connectivity index (χ4v) is 3.94. The van der Waals surface area contributed by atoms with Crippen molar-refractivity contribution in [1.82, 2.24) is 9.88 Å². The summed E-state index contributed by atoms with van der Waals surface area (Å²) in [4.78, 5) is 35.0. The standard InChI is InChI=1S/C30H30FN3O4.C2H6.CH2O2/c1-18-9-14-24(23(31)15-18)33-29-28(30(36)32-17-21-10-12-22(37-5)13-11-21)26(16-27(35)34(29)4)38-25-8-6-7-19(2)20(25)3;1-2;2-1-3/h6-16,33H,17H2,1-5H3,(H,32,36);1-2H3;1H,(H,2,3). The Hall–Kier alpha value is -5.12. The first-order chi connectivity index (χ1) is 20.6. The van der Waals surface area contributed by atoms with Crippen LogP contribution in [0.3, 0.4) is 0 Å². The lowest BCUT2D eigenvalue weighted by Gasteiger charge is -2.20. The van der Waals surface area contributed by atoms with Crippen LogP contribution in [0.25, 0.3) is 0 Å². The highest BCUT2D eigenvalue weighted by molar-refractivity contribution is 6.02. The molecule has 4 rings (SSSR count). The normalized spacial score (nSPS) is 9.86. The zero-order valence-electron chi connectivity index (χ0n) is 25.4. The monoisotopic (exact) mass is 591 g/mol. The van der Waals surface area contributed by atoms with Gasteiger partial charge in [-0.25, -0.2) is 4.39 Å². The fourth-order valence-electron chi connectivity index (χ4n) is 3.94. The average Bonchev–Trinajstić information content (AvgIpc) is 2.99. The van der Waals surface area contributed by atoms with Gasteiger partial charge in [-0.3, -0.25) is 19.0 Å². The van der Waals surface area contributed by atoms with Crippen LogP contribution in [0.15, 0.2) is 71.5 Å². The molecule has 0 aliphatic carbocycles. The number of carboxylic acid groups (broad SMARTS) is 1. The molecule has 1 amide bonds. The van der Waals surface area contributed by atoms with Crippen LogP contribution in [0.5, 0.6) is 17.2 Å². The molecule has 4 aromatic rings. The number of nitrogens with zero attached hydrogens (tertiary/aromatic N) is 1. The highest BCUT2D eigenvalue weighted by Gasteiger charge is 2.24. The molecule has 228 valence electrons. The molecule has 0 aliphatic heterocycles. The number of benzene rings is 3. The Morgan fingerprint density at radius 3 is 2.26 bits per heavy atom. The molecule has 0 aliphatic rings. The summed E-state index contributed by atoms with van der Waals surface area (Å²) in [6, 6.07) is 18.8. The first-order valence-corrected chi connectivity index (χ1v) is 13.6. The van der Waals surface area contributed by atoms with Crippen LogP contribution in [-0.4, -0.2) is 29.2 Å². The highest BCUT2D eigenvalue weighted by Crippen LogP contribution is 2.33. The Kier molecular flexibility index (Phi) is 13.0. The topological polar surface area (TPSA) is 119 Å². The van der Waals surface area contributed by atoms with E-state index in [-0.39, 0.29) is 35.8 Å². The van der Waals surface area contributed by atoms with Crippen LogP contribution < -0.4 is 25.7 Å². The third-order valence-corrected chi connectivity index (χ3v) is 6.40. The van der Waals surface area contributed by atoms with Gasteiger partial charge in [0.1, 0.15) is 34.4 Å². The van der Waals surface area contributed by atoms with Gasteiger partial charge in [0.25, 0.3) is 17.9 Å². The summed E-state index contributed by atoms with van der Waals surface area (Å²) in [6.07, 6.45) is 0. The Labute approximate surface area is 250 Å². The molecule has 0 unspecified atom stereocenters. The molecular formula is C33H38FN3O6. The summed E-state index contributed by atoms with van der Waals surface area (Å²) in [6.45, 7) is 9.59. The van der Waals surface area contributed by atoms with Gasteiger partial charge in [0.2, 0.25) is 0 Å². The van der Waals surface area contributed by atoms with Crippen LogP contribution in [0.4, 0.5) is 15.9 Å². The van der Waals surface area contributed by atoms with E-state index in [1.165, 1.54) is 23.7 Å². The number of hydrogen-bond donors (Lipinski definition) is 3. The maximum atomic E-state index is 14.8. The Balaban J connectivity index is 0.00000121. The van der Waals surface area contributed by atoms with Gasteiger partial charge in [0.15, 0.2) is 0 Å². The quantitative estimate of drug-likeness (QED) is 0.196. The van der Waals surface area contributed by atoms with Crippen molar-refractivity contribution in [2.24, 2.45) is 7.05 Å². The largest absolute Gasteiger partial charge is 0.497 e. The van der Waals surface area contributed by atoms with Crippen LogP contribution in [0.1, 0.15) is 46.5 Å². The molecule has 0 radical (unpaired) electrons. The number of carbonyl (C=O) groups is 2. The number of anilines is 2. The fraction of sp³-hybridized carbons (Fsp3) is 0.242. The van der Waals surface area contributed by atoms with Crippen molar-refractivity contribution >= 4 is 23.9 Å². The predicted molar refractivity (Wildman–Crippen MR) is 166 cm³/mol. The van der Waals surface area contributed by atoms with Gasteiger partial charge in [-0.05, 0) is 73.4 Å². The second-order valence-electron chi connectivity index (χ2n) is 9.17. The SMILES string of the molecule is CC.COc1ccc(CNC(=O)c2c(Oc3cccc(C)c3C)cc(=O)n(C)c2Nc2ccc(C)cc2F)cc1.O=CO. The van der Waals surface area contributed by atoms with Crippen LogP contribution in [0.2, 0.25) is 0 Å². The number of pyridine rings is 1. The Bertz CT molecular complexity index is 1600. The number of halogens is 1. The first kappa shape index (κ1) is 34.1. The van der Waals surface area contributed by atoms with Crippen LogP contribution in [-0.2, 0) is 18.4 Å². The maximum Gasteiger partial charge on any atom is 0.290 e. The number of methoxy groups -OCH3 is 1. The number of rotatable bonds is 8. The minimum Gasteiger partial charge on any atom is -0.497 e. The predicted octanol–water partition coefficient (Wildman–Crippen LogP) is 6.65. The summed E-state index contributed by atoms with van der Waals surface area (Å²) >= 11 is 0. The summed E-state index contributed by atoms with van der Waals surface area (Å²) in [5, 5.41) is 12.7. The van der Waals surface area contributed by atoms with E-state index >= 15 is 0 Å². The van der Waals surface area contributed by atoms with Gasteiger partial charge < -0.3 is 25.2 Å². The lowest BCUT2D eigenvalue weighted by molar-refractivity contribution is -0.122. The van der Waals surface area contributed by atoms with E-state index in [0.717, 1.165) is 22.3 Å². The van der Waals surface area contributed by atoms with E-state index < -0.39 is 17.3 Å². The van der Waals surface area contributed by atoms with Gasteiger partial charge in [-0.15, -0.1) is 0 Å². The van der Waals surface area contributed by atoms with Crippen molar-refractivity contribution in [3.05, 3.63) is 111 Å². The lowest BCUT2D eigenvalue weighted by atomic mass is 10.1. The third-order valence-electron chi connectivity index (χ3n) is 6.40. The van der Waals surface area contributed by atoms with Crippen molar-refractivity contribution in [2.75, 3.05) is 12.4 Å². The molecule has 0 saturated heterocycles. The maximum absolute atomic E-state index is 14.8. The number of nitrogens with one attached hydrogen (secondary N) is 2. The van der Waals surface area contributed by atoms with E-state index in [9.17, 15) is 14.0 Å². The van der Waals surface area contributed by atoms with E-state index in [1.54, 1.807) is 44.4 Å². The van der Waals surface area contributed by atoms with Crippen LogP contribution >= 0.6 is 0 Å². The van der Waals surface area contributed by atoms with Gasteiger partial charge in [0.05, 0.1) is 12.8 Å². The summed E-state index contributed by atoms with van der Waals surface area (Å²) in [7, 11) is 3.10. The van der Waals surface area contributed by atoms with Crippen LogP contribution in [0, 0.1) is 26.6 Å². The molecule has 0 spiro atoms. The number of amides is 1. The van der Waals surface area contributed by atoms with E-state index in [2.05, 4.69) is 10.6 Å². The van der Waals surface area contributed by atoms with Gasteiger partial charge in [-0.1, -0.05) is 44.2 Å². The molecule has 0 saturated carbocycles. The van der Waals surface area contributed by atoms with E-state index in [1.807, 2.05) is 52.0 Å². The second-order valence-corrected chi connectivity index (χ2v) is 9.17. The van der Waals surface area contributed by atoms with E-state index in [0.29, 0.717) is 11.5 Å². The zero-order chi connectivity index (χ0) is 32.1. The second kappa shape index (κ2) is 16.4. The molecule has 0 fully saturated rings. The van der Waals surface area contributed by atoms with E-state index in [4.69, 9.17) is 19.4 Å². The smallest absolute Gasteiger partial charge is 0.290 e. The number of ether oxygens (including phenoxy) is 2. The summed E-state index contributed by atoms with van der Waals surface area (Å²) < 4.78 is 27.4. The lowest BCUT2D eigenvalue weighted by Crippen LogP contribution is -2.29. The number of aromatic nitrogens is 1. The summed E-state index contributed by atoms with van der Waals surface area (Å²) in [5.74, 6) is 0.371. The molecule has 43 heavy (non-hydrogen) atoms. The third kappa shape index (κ3) is 8.93. The molecule has 9 nitrogen and oxygen atoms in total. The minimum absolute atomic E-state index is 0.0593. The van der Waals surface area contributed by atoms with Gasteiger partial charge >= 0.3 is 0 Å². The van der Waals surface area contributed by atoms with Crippen molar-refractivity contribution in [3.8, 4) is 17.2 Å². The van der Waals surface area contributed by atoms with Crippen molar-refractivity contribution in [2.45, 2.75) is 41.2 Å². The molecule has 10 heteroatoms. The Morgan fingerprint density at radius 1 is 1.00 bits per heavy atom. The molecule has 1 aromatic heterocycles. The van der Waals surface area contributed by atoms with Crippen molar-refractivity contribution in [1.29, 1.82) is 0 Å². The van der Waals surface area contributed by atoms with Crippen molar-refractivity contribution in [3.63, 3.8) is 0 Å². The van der Waals surface area contributed by atoms with Gasteiger partial charge in [-0.2, -0.15) is 0 Å². The first-order valence-electron chi connectivity index (χ1n) is 13.6. The number of hydrogen-bond acceptors (Lipinski definition) is 6. The molecular weight excluding hydrogens is 553 g/mol. The highest BCUT2D eigenvalue weighted by atomic mass is 19.1. The minimum atomic E-state index is -0.511. The zero-order valence-corrected chi connectivity index (χ0v) is 25.4. The molecule has 0 bridgehead atoms. The molecule has 0 atom stereocenters. The molecule has 3 N–H and O–H groups in total. The summed E-state index contributed by atoms with van der Waals surface area (Å²) in [5.41, 5.74) is 3.23. The van der Waals surface area contributed by atoms with Gasteiger partial charge in [0, 0.05) is 19.7 Å². The number of aryl methyl sites for hydroxylation is 2.